The van der Waals surface area contributed by atoms with Gasteiger partial charge in [-0.15, -0.1) is 0 Å². The lowest BCUT2D eigenvalue weighted by Gasteiger charge is -2.24. The lowest BCUT2D eigenvalue weighted by atomic mass is 10.0. The van der Waals surface area contributed by atoms with Crippen LogP contribution in [0.4, 0.5) is 10.5 Å². The number of hydrogen-bond donors (Lipinski definition) is 0. The molecule has 4 heteroatoms. The van der Waals surface area contributed by atoms with Gasteiger partial charge in [-0.05, 0) is 35.7 Å². The summed E-state index contributed by atoms with van der Waals surface area (Å²) >= 11 is 0. The second-order valence-electron chi connectivity index (χ2n) is 4.97. The summed E-state index contributed by atoms with van der Waals surface area (Å²) in [5.41, 5.74) is 3.10. The number of ether oxygens (including phenoxy) is 2. The van der Waals surface area contributed by atoms with E-state index in [4.69, 9.17) is 9.47 Å². The van der Waals surface area contributed by atoms with Crippen molar-refractivity contribution in [2.75, 3.05) is 19.1 Å². The monoisotopic (exact) mass is 283 g/mol. The van der Waals surface area contributed by atoms with Gasteiger partial charge in [0.15, 0.2) is 0 Å². The highest BCUT2D eigenvalue weighted by Crippen LogP contribution is 2.41. The molecule has 1 aliphatic heterocycles. The minimum Gasteiger partial charge on any atom is -0.497 e. The average Bonchev–Trinajstić information content (AvgIpc) is 2.93. The van der Waals surface area contributed by atoms with E-state index >= 15 is 0 Å². The molecule has 2 aromatic carbocycles. The molecule has 0 radical (unpaired) electrons. The number of carbonyl (C=O) groups is 1. The van der Waals surface area contributed by atoms with Crippen LogP contribution in [-0.4, -0.2) is 20.3 Å². The van der Waals surface area contributed by atoms with Crippen LogP contribution in [0.5, 0.6) is 5.75 Å². The summed E-state index contributed by atoms with van der Waals surface area (Å²) in [5.74, 6) is 0.785. The first-order valence-corrected chi connectivity index (χ1v) is 6.83. The van der Waals surface area contributed by atoms with E-state index in [1.807, 2.05) is 48.5 Å². The fourth-order valence-electron chi connectivity index (χ4n) is 2.83. The summed E-state index contributed by atoms with van der Waals surface area (Å²) in [4.78, 5) is 13.9. The second-order valence-corrected chi connectivity index (χ2v) is 4.97. The molecule has 0 bridgehead atoms. The van der Waals surface area contributed by atoms with Gasteiger partial charge in [0.05, 0.1) is 25.9 Å². The Morgan fingerprint density at radius 2 is 1.95 bits per heavy atom. The summed E-state index contributed by atoms with van der Waals surface area (Å²) in [6, 6.07) is 15.7. The van der Waals surface area contributed by atoms with Crippen LogP contribution in [0, 0.1) is 0 Å². The largest absolute Gasteiger partial charge is 0.497 e. The molecule has 2 aromatic rings. The minimum atomic E-state index is -0.340. The van der Waals surface area contributed by atoms with Gasteiger partial charge >= 0.3 is 6.09 Å². The van der Waals surface area contributed by atoms with Crippen molar-refractivity contribution in [2.24, 2.45) is 0 Å². The maximum absolute atomic E-state index is 12.2. The van der Waals surface area contributed by atoms with Crippen LogP contribution in [0.15, 0.2) is 48.5 Å². The number of para-hydroxylation sites is 1. The van der Waals surface area contributed by atoms with Crippen molar-refractivity contribution in [3.8, 4) is 5.75 Å². The molecule has 21 heavy (non-hydrogen) atoms. The number of rotatable bonds is 2. The molecule has 0 saturated carbocycles. The molecule has 1 heterocycles. The third-order valence-electron chi connectivity index (χ3n) is 3.83. The molecule has 0 aliphatic carbocycles. The summed E-state index contributed by atoms with van der Waals surface area (Å²) in [7, 11) is 3.05. The molecule has 1 atom stereocenters. The molecule has 0 fully saturated rings. The van der Waals surface area contributed by atoms with Gasteiger partial charge in [0, 0.05) is 0 Å². The highest BCUT2D eigenvalue weighted by molar-refractivity contribution is 5.91. The Balaban J connectivity index is 2.04. The molecule has 0 N–H and O–H groups in total. The van der Waals surface area contributed by atoms with Crippen LogP contribution in [0.3, 0.4) is 0 Å². The number of hydrogen-bond acceptors (Lipinski definition) is 3. The third-order valence-corrected chi connectivity index (χ3v) is 3.83. The van der Waals surface area contributed by atoms with Gasteiger partial charge in [-0.3, -0.25) is 4.90 Å². The first kappa shape index (κ1) is 13.5. The molecule has 4 nitrogen and oxygen atoms in total. The standard InChI is InChI=1S/C17H17NO3/c1-20-14-8-5-7-12(10-14)16-11-13-6-3-4-9-15(13)18(16)17(19)21-2/h3-10,16H,11H2,1-2H3/t16-/m1/s1. The molecule has 108 valence electrons. The van der Waals surface area contributed by atoms with Gasteiger partial charge in [-0.25, -0.2) is 4.79 Å². The fourth-order valence-corrected chi connectivity index (χ4v) is 2.83. The van der Waals surface area contributed by atoms with Gasteiger partial charge < -0.3 is 9.47 Å². The van der Waals surface area contributed by atoms with E-state index in [2.05, 4.69) is 0 Å². The zero-order chi connectivity index (χ0) is 14.8. The number of anilines is 1. The van der Waals surface area contributed by atoms with Gasteiger partial charge in [-0.1, -0.05) is 30.3 Å². The van der Waals surface area contributed by atoms with Crippen LogP contribution in [0.25, 0.3) is 0 Å². The highest BCUT2D eigenvalue weighted by atomic mass is 16.5. The normalized spacial score (nSPS) is 16.5. The van der Waals surface area contributed by atoms with Gasteiger partial charge in [0.25, 0.3) is 0 Å². The van der Waals surface area contributed by atoms with Crippen molar-refractivity contribution < 1.29 is 14.3 Å². The van der Waals surface area contributed by atoms with Crippen molar-refractivity contribution in [3.63, 3.8) is 0 Å². The zero-order valence-corrected chi connectivity index (χ0v) is 12.1. The summed E-state index contributed by atoms with van der Waals surface area (Å²) < 4.78 is 10.2. The Labute approximate surface area is 123 Å². The van der Waals surface area contributed by atoms with Crippen LogP contribution >= 0.6 is 0 Å². The van der Waals surface area contributed by atoms with Crippen LogP contribution in [0.2, 0.25) is 0 Å². The predicted molar refractivity (Wildman–Crippen MR) is 80.8 cm³/mol. The zero-order valence-electron chi connectivity index (χ0n) is 12.1. The van der Waals surface area contributed by atoms with E-state index in [0.717, 1.165) is 29.0 Å². The topological polar surface area (TPSA) is 38.8 Å². The summed E-state index contributed by atoms with van der Waals surface area (Å²) in [5, 5.41) is 0. The minimum absolute atomic E-state index is 0.0649. The first-order valence-electron chi connectivity index (χ1n) is 6.83. The SMILES string of the molecule is COC(=O)N1c2ccccc2C[C@@H]1c1cccc(OC)c1. The Bertz CT molecular complexity index is 669. The number of fused-ring (bicyclic) bond motifs is 1. The van der Waals surface area contributed by atoms with Crippen LogP contribution in [0.1, 0.15) is 17.2 Å². The van der Waals surface area contributed by atoms with Gasteiger partial charge in [0.2, 0.25) is 0 Å². The third kappa shape index (κ3) is 2.33. The number of benzene rings is 2. The van der Waals surface area contributed by atoms with E-state index in [-0.39, 0.29) is 12.1 Å². The van der Waals surface area contributed by atoms with Crippen molar-refractivity contribution >= 4 is 11.8 Å². The van der Waals surface area contributed by atoms with Crippen molar-refractivity contribution in [3.05, 3.63) is 59.7 Å². The van der Waals surface area contributed by atoms with Crippen molar-refractivity contribution in [1.29, 1.82) is 0 Å². The first-order chi connectivity index (χ1) is 10.2. The van der Waals surface area contributed by atoms with Crippen LogP contribution in [-0.2, 0) is 11.2 Å². The van der Waals surface area contributed by atoms with Crippen molar-refractivity contribution in [2.45, 2.75) is 12.5 Å². The molecule has 0 saturated heterocycles. The Morgan fingerprint density at radius 3 is 2.71 bits per heavy atom. The summed E-state index contributed by atoms with van der Waals surface area (Å²) in [6.07, 6.45) is 0.436. The molecular formula is C17H17NO3. The highest BCUT2D eigenvalue weighted by Gasteiger charge is 2.35. The predicted octanol–water partition coefficient (Wildman–Crippen LogP) is 3.57. The Morgan fingerprint density at radius 1 is 1.14 bits per heavy atom. The van der Waals surface area contributed by atoms with Gasteiger partial charge in [0.1, 0.15) is 5.75 Å². The molecule has 0 spiro atoms. The second kappa shape index (κ2) is 5.48. The molecule has 0 aromatic heterocycles. The molecular weight excluding hydrogens is 266 g/mol. The maximum atomic E-state index is 12.2. The van der Waals surface area contributed by atoms with E-state index in [0.29, 0.717) is 0 Å². The molecule has 3 rings (SSSR count). The smallest absolute Gasteiger partial charge is 0.414 e. The van der Waals surface area contributed by atoms with E-state index in [1.165, 1.54) is 7.11 Å². The fraction of sp³-hybridized carbons (Fsp3) is 0.235. The molecule has 1 amide bonds. The number of methoxy groups -OCH3 is 2. The number of nitrogens with zero attached hydrogens (tertiary/aromatic N) is 1. The lowest BCUT2D eigenvalue weighted by Crippen LogP contribution is -2.31. The maximum Gasteiger partial charge on any atom is 0.414 e. The Hall–Kier alpha value is -2.49. The number of amides is 1. The van der Waals surface area contributed by atoms with Gasteiger partial charge in [-0.2, -0.15) is 0 Å². The van der Waals surface area contributed by atoms with Crippen LogP contribution < -0.4 is 9.64 Å². The lowest BCUT2D eigenvalue weighted by molar-refractivity contribution is 0.176. The van der Waals surface area contributed by atoms with E-state index in [1.54, 1.807) is 12.0 Å². The number of carbonyl (C=O) groups excluding carboxylic acids is 1. The van der Waals surface area contributed by atoms with E-state index in [9.17, 15) is 4.79 Å². The average molecular weight is 283 g/mol. The molecule has 1 aliphatic rings. The van der Waals surface area contributed by atoms with E-state index < -0.39 is 0 Å². The van der Waals surface area contributed by atoms with Crippen molar-refractivity contribution in [1.82, 2.24) is 0 Å². The molecule has 0 unspecified atom stereocenters. The summed E-state index contributed by atoms with van der Waals surface area (Å²) in [6.45, 7) is 0. The Kier molecular flexibility index (Phi) is 3.52. The quantitative estimate of drug-likeness (QED) is 0.845.